The Morgan fingerprint density at radius 3 is 1.92 bits per heavy atom. The Bertz CT molecular complexity index is 670. The van der Waals surface area contributed by atoms with E-state index in [2.05, 4.69) is 74.6 Å². The highest BCUT2D eigenvalue weighted by Gasteiger charge is 2.50. The minimum absolute atomic E-state index is 0.0294. The molecule has 0 aliphatic carbocycles. The zero-order valence-electron chi connectivity index (χ0n) is 15.3. The molecular formula is C21H27NO2Si. The third-order valence-electron chi connectivity index (χ3n) is 5.00. The zero-order valence-corrected chi connectivity index (χ0v) is 16.3. The van der Waals surface area contributed by atoms with Crippen molar-refractivity contribution in [3.63, 3.8) is 0 Å². The number of nitrogens with one attached hydrogen (secondary N) is 1. The van der Waals surface area contributed by atoms with E-state index < -0.39 is 8.32 Å². The van der Waals surface area contributed by atoms with Gasteiger partial charge < -0.3 is 9.74 Å². The molecule has 1 aliphatic rings. The Hall–Kier alpha value is -1.91. The predicted octanol–water partition coefficient (Wildman–Crippen LogP) is 2.84. The van der Waals surface area contributed by atoms with E-state index in [0.29, 0.717) is 13.0 Å². The summed E-state index contributed by atoms with van der Waals surface area (Å²) in [5.74, 6) is 0.135. The molecule has 4 heteroatoms. The number of amides is 1. The maximum atomic E-state index is 11.6. The first-order valence-corrected chi connectivity index (χ1v) is 10.9. The highest BCUT2D eigenvalue weighted by Crippen LogP contribution is 2.36. The monoisotopic (exact) mass is 353 g/mol. The topological polar surface area (TPSA) is 38.3 Å². The summed E-state index contributed by atoms with van der Waals surface area (Å²) in [4.78, 5) is 11.6. The van der Waals surface area contributed by atoms with Gasteiger partial charge in [0, 0.05) is 6.42 Å². The van der Waals surface area contributed by atoms with Gasteiger partial charge in [0.15, 0.2) is 0 Å². The molecule has 1 aliphatic heterocycles. The predicted molar refractivity (Wildman–Crippen MR) is 105 cm³/mol. The maximum absolute atomic E-state index is 11.6. The van der Waals surface area contributed by atoms with E-state index in [4.69, 9.17) is 4.43 Å². The normalized spacial score (nSPS) is 18.2. The van der Waals surface area contributed by atoms with Gasteiger partial charge in [0.2, 0.25) is 5.91 Å². The average Bonchev–Trinajstić information content (AvgIpc) is 3.02. The molecule has 1 N–H and O–H groups in total. The van der Waals surface area contributed by atoms with Crippen molar-refractivity contribution in [2.45, 2.75) is 44.7 Å². The number of hydrogen-bond acceptors (Lipinski definition) is 2. The van der Waals surface area contributed by atoms with Gasteiger partial charge in [0.1, 0.15) is 0 Å². The fourth-order valence-electron chi connectivity index (χ4n) is 3.79. The highest BCUT2D eigenvalue weighted by atomic mass is 28.4. The molecular weight excluding hydrogens is 326 g/mol. The van der Waals surface area contributed by atoms with E-state index in [-0.39, 0.29) is 17.0 Å². The van der Waals surface area contributed by atoms with E-state index in [9.17, 15) is 4.79 Å². The summed E-state index contributed by atoms with van der Waals surface area (Å²) >= 11 is 0. The molecule has 0 unspecified atom stereocenters. The maximum Gasteiger partial charge on any atom is 0.261 e. The Labute approximate surface area is 151 Å². The minimum atomic E-state index is -2.49. The fraction of sp³-hybridized carbons (Fsp3) is 0.381. The highest BCUT2D eigenvalue weighted by molar-refractivity contribution is 6.99. The third-order valence-corrected chi connectivity index (χ3v) is 10.0. The van der Waals surface area contributed by atoms with E-state index >= 15 is 0 Å². The number of hydrogen-bond donors (Lipinski definition) is 1. The molecule has 2 aromatic rings. The second-order valence-corrected chi connectivity index (χ2v) is 12.1. The number of rotatable bonds is 5. The van der Waals surface area contributed by atoms with Gasteiger partial charge in [0.05, 0.1) is 12.6 Å². The van der Waals surface area contributed by atoms with Gasteiger partial charge in [-0.2, -0.15) is 0 Å². The lowest BCUT2D eigenvalue weighted by molar-refractivity contribution is -0.119. The van der Waals surface area contributed by atoms with Crippen molar-refractivity contribution in [1.29, 1.82) is 0 Å². The molecule has 0 radical (unpaired) electrons. The van der Waals surface area contributed by atoms with Crippen molar-refractivity contribution >= 4 is 24.6 Å². The van der Waals surface area contributed by atoms with Crippen LogP contribution in [-0.4, -0.2) is 26.9 Å². The van der Waals surface area contributed by atoms with E-state index in [0.717, 1.165) is 6.42 Å². The number of carbonyl (C=O) groups is 1. The van der Waals surface area contributed by atoms with Crippen molar-refractivity contribution in [1.82, 2.24) is 5.32 Å². The Morgan fingerprint density at radius 1 is 1.00 bits per heavy atom. The summed E-state index contributed by atoms with van der Waals surface area (Å²) in [6.45, 7) is 7.38. The first-order chi connectivity index (χ1) is 11.9. The molecule has 3 nitrogen and oxygen atoms in total. The quantitative estimate of drug-likeness (QED) is 0.840. The summed E-state index contributed by atoms with van der Waals surface area (Å²) in [5, 5.41) is 5.56. The second-order valence-electron chi connectivity index (χ2n) is 7.78. The molecule has 0 bridgehead atoms. The van der Waals surface area contributed by atoms with Crippen LogP contribution in [0.1, 0.15) is 33.6 Å². The average molecular weight is 354 g/mol. The smallest absolute Gasteiger partial charge is 0.261 e. The van der Waals surface area contributed by atoms with E-state index in [1.807, 2.05) is 12.1 Å². The Kier molecular flexibility index (Phi) is 5.11. The minimum Gasteiger partial charge on any atom is -0.405 e. The fourth-order valence-corrected chi connectivity index (χ4v) is 8.40. The molecule has 1 fully saturated rings. The molecule has 0 spiro atoms. The molecule has 0 saturated carbocycles. The molecule has 1 saturated heterocycles. The summed E-state index contributed by atoms with van der Waals surface area (Å²) < 4.78 is 6.82. The lowest BCUT2D eigenvalue weighted by Gasteiger charge is -2.43. The van der Waals surface area contributed by atoms with Crippen LogP contribution in [0.4, 0.5) is 0 Å². The molecule has 2 aromatic carbocycles. The first kappa shape index (κ1) is 17.9. The van der Waals surface area contributed by atoms with Crippen molar-refractivity contribution in [3.05, 3.63) is 60.7 Å². The lowest BCUT2D eigenvalue weighted by atomic mass is 10.2. The standard InChI is InChI=1S/C21H27NO2Si/c1-21(2,3)25(18-10-6-4-7-11-18,19-12-8-5-9-13-19)24-16-17-14-15-20(23)22-17/h4-13,17H,14-16H2,1-3H3,(H,22,23)/t17-/m0/s1. The van der Waals surface area contributed by atoms with Crippen LogP contribution in [0.2, 0.25) is 5.04 Å². The van der Waals surface area contributed by atoms with Crippen molar-refractivity contribution < 1.29 is 9.22 Å². The summed E-state index contributed by atoms with van der Waals surface area (Å²) in [5.41, 5.74) is 0. The van der Waals surface area contributed by atoms with Crippen LogP contribution < -0.4 is 15.7 Å². The summed E-state index contributed by atoms with van der Waals surface area (Å²) in [6.07, 6.45) is 1.46. The van der Waals surface area contributed by atoms with Gasteiger partial charge in [-0.15, -0.1) is 0 Å². The van der Waals surface area contributed by atoms with Crippen LogP contribution >= 0.6 is 0 Å². The second kappa shape index (κ2) is 7.14. The van der Waals surface area contributed by atoms with Crippen LogP contribution in [0.5, 0.6) is 0 Å². The largest absolute Gasteiger partial charge is 0.405 e. The van der Waals surface area contributed by atoms with Gasteiger partial charge in [-0.1, -0.05) is 81.4 Å². The lowest BCUT2D eigenvalue weighted by Crippen LogP contribution is -2.67. The van der Waals surface area contributed by atoms with Crippen LogP contribution in [0.15, 0.2) is 60.7 Å². The zero-order chi connectivity index (χ0) is 17.9. The molecule has 1 heterocycles. The van der Waals surface area contributed by atoms with Crippen molar-refractivity contribution in [3.8, 4) is 0 Å². The van der Waals surface area contributed by atoms with Crippen LogP contribution in [0.25, 0.3) is 0 Å². The molecule has 1 atom stereocenters. The Morgan fingerprint density at radius 2 is 1.52 bits per heavy atom. The van der Waals surface area contributed by atoms with Gasteiger partial charge in [0.25, 0.3) is 8.32 Å². The van der Waals surface area contributed by atoms with Gasteiger partial charge in [-0.3, -0.25) is 4.79 Å². The first-order valence-electron chi connectivity index (χ1n) is 8.98. The van der Waals surface area contributed by atoms with Crippen LogP contribution in [-0.2, 0) is 9.22 Å². The SMILES string of the molecule is CC(C)(C)[Si](OC[C@@H]1CCC(=O)N1)(c1ccccc1)c1ccccc1. The molecule has 1 amide bonds. The van der Waals surface area contributed by atoms with Gasteiger partial charge >= 0.3 is 0 Å². The van der Waals surface area contributed by atoms with Crippen molar-refractivity contribution in [2.75, 3.05) is 6.61 Å². The van der Waals surface area contributed by atoms with E-state index in [1.54, 1.807) is 0 Å². The molecule has 25 heavy (non-hydrogen) atoms. The Balaban J connectivity index is 2.04. The van der Waals surface area contributed by atoms with Gasteiger partial charge in [-0.05, 0) is 21.8 Å². The van der Waals surface area contributed by atoms with Gasteiger partial charge in [-0.25, -0.2) is 0 Å². The van der Waals surface area contributed by atoms with Crippen LogP contribution in [0.3, 0.4) is 0 Å². The molecule has 3 rings (SSSR count). The van der Waals surface area contributed by atoms with Crippen LogP contribution in [0, 0.1) is 0 Å². The molecule has 0 aromatic heterocycles. The van der Waals surface area contributed by atoms with E-state index in [1.165, 1.54) is 10.4 Å². The third kappa shape index (κ3) is 3.55. The van der Waals surface area contributed by atoms with Crippen molar-refractivity contribution in [2.24, 2.45) is 0 Å². The number of carbonyl (C=O) groups excluding carboxylic acids is 1. The summed E-state index contributed by atoms with van der Waals surface area (Å²) in [6, 6.07) is 21.3. The number of benzene rings is 2. The summed E-state index contributed by atoms with van der Waals surface area (Å²) in [7, 11) is -2.49. The molecule has 132 valence electrons.